The number of rotatable bonds is 6. The smallest absolute Gasteiger partial charge is 0.0434 e. The van der Waals surface area contributed by atoms with Gasteiger partial charge in [0.15, 0.2) is 0 Å². The van der Waals surface area contributed by atoms with Crippen molar-refractivity contribution in [1.29, 1.82) is 0 Å². The number of hydrogen-bond donors (Lipinski definition) is 0. The molecule has 0 spiro atoms. The summed E-state index contributed by atoms with van der Waals surface area (Å²) in [7, 11) is 0. The van der Waals surface area contributed by atoms with Crippen LogP contribution >= 0.6 is 22.7 Å². The Morgan fingerprint density at radius 2 is 0.931 bits per heavy atom. The highest BCUT2D eigenvalue weighted by atomic mass is 32.1. The Bertz CT molecular complexity index is 3530. The second-order valence-electron chi connectivity index (χ2n) is 15.6. The van der Waals surface area contributed by atoms with E-state index in [1.165, 1.54) is 112 Å². The lowest BCUT2D eigenvalue weighted by molar-refractivity contribution is 0.807. The molecule has 0 saturated carbocycles. The van der Waals surface area contributed by atoms with Crippen molar-refractivity contribution in [3.8, 4) is 22.3 Å². The zero-order chi connectivity index (χ0) is 38.2. The SMILES string of the molecule is c1ccc(CC(c2ccc(-c3cc(-c4cc5ccccc5c5cc6ccccc6cc45)cc4c3sc3ccccc34)cc2)c2ccc3c(c2)sc2ccccc23)cc1. The molecule has 0 fully saturated rings. The highest BCUT2D eigenvalue weighted by molar-refractivity contribution is 7.26. The van der Waals surface area contributed by atoms with E-state index in [0.717, 1.165) is 6.42 Å². The minimum atomic E-state index is 0.223. The first-order valence-corrected chi connectivity index (χ1v) is 21.7. The van der Waals surface area contributed by atoms with Crippen LogP contribution in [0.5, 0.6) is 0 Å². The third-order valence-electron chi connectivity index (χ3n) is 12.2. The maximum Gasteiger partial charge on any atom is 0.0434 e. The number of fused-ring (bicyclic) bond motifs is 10. The molecule has 0 nitrogen and oxygen atoms in total. The molecule has 1 atom stereocenters. The minimum Gasteiger partial charge on any atom is -0.135 e. The van der Waals surface area contributed by atoms with E-state index < -0.39 is 0 Å². The van der Waals surface area contributed by atoms with Crippen molar-refractivity contribution in [1.82, 2.24) is 0 Å². The first-order chi connectivity index (χ1) is 28.7. The Balaban J connectivity index is 1.04. The summed E-state index contributed by atoms with van der Waals surface area (Å²) in [6.45, 7) is 0. The molecule has 2 aromatic heterocycles. The standard InChI is InChI=1S/C56H36S2/c1-2-12-35(13-3-1)28-47(41-26-27-46-44-18-8-10-20-53(44)57-55(46)34-41)36-22-24-37(25-23-36)49-32-42(33-52-45-19-9-11-21-54(45)58-56(49)52)48-31-40-16-6-7-17-43(40)50-29-38-14-4-5-15-39(38)30-51(48)50/h1-27,29-34,47H,28H2. The van der Waals surface area contributed by atoms with Crippen LogP contribution in [0.15, 0.2) is 200 Å². The Morgan fingerprint density at radius 3 is 1.71 bits per heavy atom. The van der Waals surface area contributed by atoms with Gasteiger partial charge in [-0.3, -0.25) is 0 Å². The molecule has 0 N–H and O–H groups in total. The molecular formula is C56H36S2. The van der Waals surface area contributed by atoms with E-state index in [4.69, 9.17) is 0 Å². The van der Waals surface area contributed by atoms with Gasteiger partial charge in [-0.1, -0.05) is 152 Å². The summed E-state index contributed by atoms with van der Waals surface area (Å²) in [5.41, 5.74) is 9.10. The number of thiophene rings is 2. The van der Waals surface area contributed by atoms with Crippen LogP contribution in [0.1, 0.15) is 22.6 Å². The zero-order valence-electron chi connectivity index (χ0n) is 31.7. The molecule has 0 bridgehead atoms. The van der Waals surface area contributed by atoms with E-state index in [1.54, 1.807) is 0 Å². The fourth-order valence-corrected chi connectivity index (χ4v) is 11.7. The lowest BCUT2D eigenvalue weighted by atomic mass is 9.84. The first kappa shape index (κ1) is 33.5. The van der Waals surface area contributed by atoms with E-state index in [9.17, 15) is 0 Å². The van der Waals surface area contributed by atoms with E-state index in [1.807, 2.05) is 22.7 Å². The molecule has 2 heterocycles. The zero-order valence-corrected chi connectivity index (χ0v) is 33.3. The van der Waals surface area contributed by atoms with Gasteiger partial charge in [0.1, 0.15) is 0 Å². The molecule has 0 radical (unpaired) electrons. The molecule has 12 rings (SSSR count). The van der Waals surface area contributed by atoms with E-state index in [2.05, 4.69) is 200 Å². The van der Waals surface area contributed by atoms with Crippen molar-refractivity contribution in [3.05, 3.63) is 217 Å². The third-order valence-corrected chi connectivity index (χ3v) is 14.6. The van der Waals surface area contributed by atoms with Gasteiger partial charge in [-0.2, -0.15) is 0 Å². The fourth-order valence-electron chi connectivity index (χ4n) is 9.36. The summed E-state index contributed by atoms with van der Waals surface area (Å²) in [4.78, 5) is 0. The Hall–Kier alpha value is -6.58. The maximum absolute atomic E-state index is 2.46. The monoisotopic (exact) mass is 772 g/mol. The second-order valence-corrected chi connectivity index (χ2v) is 17.7. The van der Waals surface area contributed by atoms with Crippen molar-refractivity contribution in [2.24, 2.45) is 0 Å². The molecule has 1 unspecified atom stereocenters. The highest BCUT2D eigenvalue weighted by Gasteiger charge is 2.20. The Morgan fingerprint density at radius 1 is 0.328 bits per heavy atom. The van der Waals surface area contributed by atoms with Crippen LogP contribution in [0, 0.1) is 0 Å². The van der Waals surface area contributed by atoms with Crippen molar-refractivity contribution in [3.63, 3.8) is 0 Å². The van der Waals surface area contributed by atoms with Crippen LogP contribution in [0.3, 0.4) is 0 Å². The maximum atomic E-state index is 2.46. The summed E-state index contributed by atoms with van der Waals surface area (Å²) < 4.78 is 5.36. The lowest BCUT2D eigenvalue weighted by Crippen LogP contribution is -2.05. The predicted molar refractivity (Wildman–Crippen MR) is 254 cm³/mol. The van der Waals surface area contributed by atoms with Gasteiger partial charge in [-0.15, -0.1) is 22.7 Å². The van der Waals surface area contributed by atoms with Gasteiger partial charge in [0.2, 0.25) is 0 Å². The van der Waals surface area contributed by atoms with Crippen LogP contribution in [-0.4, -0.2) is 0 Å². The van der Waals surface area contributed by atoms with Crippen LogP contribution in [0.4, 0.5) is 0 Å². The van der Waals surface area contributed by atoms with Crippen LogP contribution in [0.25, 0.3) is 94.9 Å². The molecule has 12 aromatic rings. The van der Waals surface area contributed by atoms with E-state index in [-0.39, 0.29) is 5.92 Å². The predicted octanol–water partition coefficient (Wildman–Crippen LogP) is 16.6. The normalized spacial score (nSPS) is 12.5. The lowest BCUT2D eigenvalue weighted by Gasteiger charge is -2.20. The second kappa shape index (κ2) is 13.5. The van der Waals surface area contributed by atoms with E-state index in [0.29, 0.717) is 0 Å². The molecule has 0 aliphatic rings. The van der Waals surface area contributed by atoms with Gasteiger partial charge in [0.25, 0.3) is 0 Å². The van der Waals surface area contributed by atoms with Crippen LogP contribution in [-0.2, 0) is 6.42 Å². The quantitative estimate of drug-likeness (QED) is 0.117. The van der Waals surface area contributed by atoms with E-state index >= 15 is 0 Å². The Kier molecular flexibility index (Phi) is 7.82. The molecule has 0 aliphatic heterocycles. The number of hydrogen-bond acceptors (Lipinski definition) is 2. The first-order valence-electron chi connectivity index (χ1n) is 20.1. The summed E-state index contributed by atoms with van der Waals surface area (Å²) in [5, 5.41) is 13.0. The van der Waals surface area contributed by atoms with Crippen molar-refractivity contribution >= 4 is 95.3 Å². The van der Waals surface area contributed by atoms with Crippen LogP contribution < -0.4 is 0 Å². The van der Waals surface area contributed by atoms with Gasteiger partial charge in [0.05, 0.1) is 0 Å². The molecule has 2 heteroatoms. The highest BCUT2D eigenvalue weighted by Crippen LogP contribution is 2.46. The summed E-state index contributed by atoms with van der Waals surface area (Å²) in [6.07, 6.45) is 0.941. The molecule has 58 heavy (non-hydrogen) atoms. The topological polar surface area (TPSA) is 0 Å². The summed E-state index contributed by atoms with van der Waals surface area (Å²) in [6, 6.07) is 75.1. The van der Waals surface area contributed by atoms with Crippen molar-refractivity contribution in [2.45, 2.75) is 12.3 Å². The van der Waals surface area contributed by atoms with Gasteiger partial charge < -0.3 is 0 Å². The molecule has 10 aromatic carbocycles. The average molecular weight is 773 g/mol. The fraction of sp³-hybridized carbons (Fsp3) is 0.0357. The van der Waals surface area contributed by atoms with Gasteiger partial charge in [0, 0.05) is 51.8 Å². The minimum absolute atomic E-state index is 0.223. The van der Waals surface area contributed by atoms with Gasteiger partial charge in [-0.05, 0) is 121 Å². The molecule has 0 saturated heterocycles. The van der Waals surface area contributed by atoms with Crippen molar-refractivity contribution < 1.29 is 0 Å². The van der Waals surface area contributed by atoms with Crippen LogP contribution in [0.2, 0.25) is 0 Å². The Labute approximate surface area is 344 Å². The third kappa shape index (κ3) is 5.56. The number of benzene rings is 10. The van der Waals surface area contributed by atoms with Gasteiger partial charge >= 0.3 is 0 Å². The summed E-state index contributed by atoms with van der Waals surface area (Å²) >= 11 is 3.81. The molecule has 0 amide bonds. The molecular weight excluding hydrogens is 737 g/mol. The molecule has 0 aliphatic carbocycles. The van der Waals surface area contributed by atoms with Crippen molar-refractivity contribution in [2.75, 3.05) is 0 Å². The average Bonchev–Trinajstić information content (AvgIpc) is 3.85. The molecule has 272 valence electrons. The van der Waals surface area contributed by atoms with Gasteiger partial charge in [-0.25, -0.2) is 0 Å². The summed E-state index contributed by atoms with van der Waals surface area (Å²) in [5.74, 6) is 0.223. The largest absolute Gasteiger partial charge is 0.135 e.